The first-order chi connectivity index (χ1) is 9.08. The summed E-state index contributed by atoms with van der Waals surface area (Å²) < 4.78 is 24.1. The van der Waals surface area contributed by atoms with Crippen molar-refractivity contribution in [2.45, 2.75) is 13.1 Å². The van der Waals surface area contributed by atoms with E-state index in [1.165, 1.54) is 21.1 Å². The van der Waals surface area contributed by atoms with E-state index >= 15 is 0 Å². The second-order valence-electron chi connectivity index (χ2n) is 4.11. The van der Waals surface area contributed by atoms with E-state index in [1.54, 1.807) is 18.3 Å². The van der Waals surface area contributed by atoms with Gasteiger partial charge in [-0.25, -0.2) is 4.39 Å². The van der Waals surface area contributed by atoms with E-state index < -0.39 is 6.17 Å². The van der Waals surface area contributed by atoms with Gasteiger partial charge in [0, 0.05) is 22.8 Å². The molecule has 1 aromatic heterocycles. The number of nitrogens with zero attached hydrogens (tertiary/aromatic N) is 1. The number of methoxy groups -OCH3 is 2. The van der Waals surface area contributed by atoms with Crippen molar-refractivity contribution in [2.75, 3.05) is 20.0 Å². The third kappa shape index (κ3) is 2.33. The predicted molar refractivity (Wildman–Crippen MR) is 71.1 cm³/mol. The van der Waals surface area contributed by atoms with Crippen LogP contribution < -0.4 is 15.2 Å². The first-order valence-electron chi connectivity index (χ1n) is 5.77. The first-order valence-corrected chi connectivity index (χ1v) is 5.77. The SMILES string of the molecule is COc1cc(OC)c(C(C)F)cc1-c1cn[nH]c1N. The number of nitrogens with two attached hydrogens (primary N) is 1. The van der Waals surface area contributed by atoms with Crippen LogP contribution in [0.3, 0.4) is 0 Å². The van der Waals surface area contributed by atoms with Crippen molar-refractivity contribution in [1.82, 2.24) is 10.2 Å². The number of aromatic nitrogens is 2. The molecule has 2 rings (SSSR count). The highest BCUT2D eigenvalue weighted by Crippen LogP contribution is 2.40. The van der Waals surface area contributed by atoms with E-state index in [0.717, 1.165) is 0 Å². The van der Waals surface area contributed by atoms with E-state index in [2.05, 4.69) is 10.2 Å². The number of anilines is 1. The molecule has 6 heteroatoms. The summed E-state index contributed by atoms with van der Waals surface area (Å²) in [7, 11) is 3.03. The van der Waals surface area contributed by atoms with Crippen LogP contribution in [0.25, 0.3) is 11.1 Å². The fraction of sp³-hybridized carbons (Fsp3) is 0.308. The largest absolute Gasteiger partial charge is 0.496 e. The minimum absolute atomic E-state index is 0.404. The third-order valence-corrected chi connectivity index (χ3v) is 2.94. The average Bonchev–Trinajstić information content (AvgIpc) is 2.83. The minimum atomic E-state index is -1.16. The number of ether oxygens (including phenoxy) is 2. The maximum absolute atomic E-state index is 13.7. The Kier molecular flexibility index (Phi) is 3.59. The van der Waals surface area contributed by atoms with Crippen LogP contribution in [0.15, 0.2) is 18.3 Å². The van der Waals surface area contributed by atoms with Crippen LogP contribution in [-0.4, -0.2) is 24.4 Å². The van der Waals surface area contributed by atoms with Crippen molar-refractivity contribution in [1.29, 1.82) is 0 Å². The van der Waals surface area contributed by atoms with Crippen molar-refractivity contribution in [3.8, 4) is 22.6 Å². The highest BCUT2D eigenvalue weighted by atomic mass is 19.1. The van der Waals surface area contributed by atoms with Gasteiger partial charge >= 0.3 is 0 Å². The molecule has 102 valence electrons. The molecule has 0 amide bonds. The second kappa shape index (κ2) is 5.17. The zero-order valence-corrected chi connectivity index (χ0v) is 11.0. The van der Waals surface area contributed by atoms with Crippen molar-refractivity contribution in [3.05, 3.63) is 23.9 Å². The van der Waals surface area contributed by atoms with Gasteiger partial charge in [0.15, 0.2) is 0 Å². The number of hydrogen-bond donors (Lipinski definition) is 2. The molecule has 0 radical (unpaired) electrons. The molecule has 1 aromatic carbocycles. The van der Waals surface area contributed by atoms with Crippen LogP contribution in [0.2, 0.25) is 0 Å². The van der Waals surface area contributed by atoms with Crippen molar-refractivity contribution < 1.29 is 13.9 Å². The molecule has 2 aromatic rings. The van der Waals surface area contributed by atoms with Gasteiger partial charge in [-0.05, 0) is 13.0 Å². The number of nitrogens with one attached hydrogen (secondary N) is 1. The van der Waals surface area contributed by atoms with Crippen molar-refractivity contribution in [3.63, 3.8) is 0 Å². The molecule has 3 N–H and O–H groups in total. The Morgan fingerprint density at radius 1 is 1.21 bits per heavy atom. The predicted octanol–water partition coefficient (Wildman–Crippen LogP) is 2.71. The van der Waals surface area contributed by atoms with Gasteiger partial charge in [-0.1, -0.05) is 0 Å². The molecule has 5 nitrogen and oxygen atoms in total. The third-order valence-electron chi connectivity index (χ3n) is 2.94. The molecule has 0 aliphatic rings. The molecule has 0 saturated heterocycles. The number of H-pyrrole nitrogens is 1. The van der Waals surface area contributed by atoms with Crippen molar-refractivity contribution in [2.24, 2.45) is 0 Å². The molecule has 1 unspecified atom stereocenters. The normalized spacial score (nSPS) is 12.2. The molecule has 19 heavy (non-hydrogen) atoms. The number of aromatic amines is 1. The van der Waals surface area contributed by atoms with Gasteiger partial charge in [-0.15, -0.1) is 0 Å². The van der Waals surface area contributed by atoms with E-state index in [1.807, 2.05) is 0 Å². The standard InChI is InChI=1S/C13H16FN3O2/c1-7(14)8-4-9(10-6-16-17-13(10)15)12(19-3)5-11(8)18-2/h4-7H,1-3H3,(H3,15,16,17). The molecule has 0 aliphatic heterocycles. The molecule has 1 heterocycles. The topological polar surface area (TPSA) is 73.2 Å². The molecule has 0 saturated carbocycles. The summed E-state index contributed by atoms with van der Waals surface area (Å²) in [5, 5.41) is 6.50. The smallest absolute Gasteiger partial charge is 0.130 e. The van der Waals surface area contributed by atoms with E-state index in [4.69, 9.17) is 15.2 Å². The van der Waals surface area contributed by atoms with Gasteiger partial charge in [0.05, 0.1) is 20.4 Å². The number of alkyl halides is 1. The Balaban J connectivity index is 2.66. The molecule has 0 fully saturated rings. The summed E-state index contributed by atoms with van der Waals surface area (Å²) in [6.07, 6.45) is 0.416. The summed E-state index contributed by atoms with van der Waals surface area (Å²) in [5.41, 5.74) is 7.58. The van der Waals surface area contributed by atoms with E-state index in [0.29, 0.717) is 34.0 Å². The van der Waals surface area contributed by atoms with E-state index in [9.17, 15) is 4.39 Å². The Labute approximate surface area is 110 Å². The van der Waals surface area contributed by atoms with Gasteiger partial charge in [-0.3, -0.25) is 5.10 Å². The average molecular weight is 265 g/mol. The molecule has 0 bridgehead atoms. The lowest BCUT2D eigenvalue weighted by Gasteiger charge is -2.15. The number of benzene rings is 1. The van der Waals surface area contributed by atoms with Crippen LogP contribution in [-0.2, 0) is 0 Å². The minimum Gasteiger partial charge on any atom is -0.496 e. The van der Waals surface area contributed by atoms with Gasteiger partial charge < -0.3 is 15.2 Å². The Morgan fingerprint density at radius 3 is 2.37 bits per heavy atom. The van der Waals surface area contributed by atoms with Crippen LogP contribution in [0, 0.1) is 0 Å². The van der Waals surface area contributed by atoms with Crippen LogP contribution in [0.1, 0.15) is 18.7 Å². The summed E-state index contributed by atoms with van der Waals surface area (Å²) in [4.78, 5) is 0. The number of rotatable bonds is 4. The summed E-state index contributed by atoms with van der Waals surface area (Å²) in [5.74, 6) is 1.40. The Morgan fingerprint density at radius 2 is 1.89 bits per heavy atom. The number of hydrogen-bond acceptors (Lipinski definition) is 4. The highest BCUT2D eigenvalue weighted by Gasteiger charge is 2.18. The maximum Gasteiger partial charge on any atom is 0.130 e. The van der Waals surface area contributed by atoms with Crippen LogP contribution in [0.4, 0.5) is 10.2 Å². The highest BCUT2D eigenvalue weighted by molar-refractivity contribution is 5.79. The molecule has 0 aliphatic carbocycles. The van der Waals surface area contributed by atoms with Crippen LogP contribution in [0.5, 0.6) is 11.5 Å². The number of nitrogen functional groups attached to an aromatic ring is 1. The van der Waals surface area contributed by atoms with Crippen LogP contribution >= 0.6 is 0 Å². The lowest BCUT2D eigenvalue weighted by atomic mass is 10.0. The number of halogens is 1. The zero-order chi connectivity index (χ0) is 14.0. The van der Waals surface area contributed by atoms with Gasteiger partial charge in [0.2, 0.25) is 0 Å². The zero-order valence-electron chi connectivity index (χ0n) is 11.0. The van der Waals surface area contributed by atoms with Gasteiger partial charge in [0.1, 0.15) is 23.5 Å². The summed E-state index contributed by atoms with van der Waals surface area (Å²) in [6, 6.07) is 3.32. The quantitative estimate of drug-likeness (QED) is 0.891. The fourth-order valence-corrected chi connectivity index (χ4v) is 1.96. The van der Waals surface area contributed by atoms with Crippen molar-refractivity contribution >= 4 is 5.82 Å². The summed E-state index contributed by atoms with van der Waals surface area (Å²) >= 11 is 0. The summed E-state index contributed by atoms with van der Waals surface area (Å²) in [6.45, 7) is 1.45. The first kappa shape index (κ1) is 13.2. The molecular weight excluding hydrogens is 249 g/mol. The molecule has 0 spiro atoms. The Bertz CT molecular complexity index is 581. The second-order valence-corrected chi connectivity index (χ2v) is 4.11. The fourth-order valence-electron chi connectivity index (χ4n) is 1.96. The lowest BCUT2D eigenvalue weighted by molar-refractivity contribution is 0.343. The molecule has 1 atom stereocenters. The Hall–Kier alpha value is -2.24. The van der Waals surface area contributed by atoms with Gasteiger partial charge in [-0.2, -0.15) is 5.10 Å². The van der Waals surface area contributed by atoms with Gasteiger partial charge in [0.25, 0.3) is 0 Å². The maximum atomic E-state index is 13.7. The monoisotopic (exact) mass is 265 g/mol. The lowest BCUT2D eigenvalue weighted by Crippen LogP contribution is -1.98. The van der Waals surface area contributed by atoms with E-state index in [-0.39, 0.29) is 0 Å². The molecular formula is C13H16FN3O2.